The fourth-order valence-electron chi connectivity index (χ4n) is 2.28. The number of aryl methyl sites for hydroxylation is 1. The summed E-state index contributed by atoms with van der Waals surface area (Å²) in [4.78, 5) is 4.10. The fourth-order valence-corrected chi connectivity index (χ4v) is 2.46. The summed E-state index contributed by atoms with van der Waals surface area (Å²) in [5.41, 5.74) is 8.19. The molecule has 1 aromatic heterocycles. The zero-order valence-electron chi connectivity index (χ0n) is 11.5. The zero-order chi connectivity index (χ0) is 14.7. The summed E-state index contributed by atoms with van der Waals surface area (Å²) < 4.78 is 14.3. The molecule has 1 atom stereocenters. The number of hydrogen-bond acceptors (Lipinski definition) is 3. The first-order valence-corrected chi connectivity index (χ1v) is 6.82. The number of aromatic nitrogens is 1. The maximum absolute atomic E-state index is 14.3. The standard InChI is InChI=1S/C15H17ClFN3/c1-3-19-14(10-5-4-6-11(16)13(10)17)12-9(2)7-8-20-15(12)18/h4-8,14,19H,3H2,1-2H3,(H2,18,20). The van der Waals surface area contributed by atoms with E-state index < -0.39 is 5.82 Å². The fraction of sp³-hybridized carbons (Fsp3) is 0.267. The van der Waals surface area contributed by atoms with Gasteiger partial charge in [-0.1, -0.05) is 30.7 Å². The van der Waals surface area contributed by atoms with Crippen molar-refractivity contribution in [1.29, 1.82) is 0 Å². The lowest BCUT2D eigenvalue weighted by molar-refractivity contribution is 0.558. The molecule has 1 heterocycles. The molecule has 0 aliphatic carbocycles. The lowest BCUT2D eigenvalue weighted by Gasteiger charge is -2.22. The van der Waals surface area contributed by atoms with E-state index in [1.807, 2.05) is 19.9 Å². The molecule has 5 heteroatoms. The van der Waals surface area contributed by atoms with Gasteiger partial charge in [0.1, 0.15) is 11.6 Å². The molecular weight excluding hydrogens is 277 g/mol. The third-order valence-electron chi connectivity index (χ3n) is 3.23. The van der Waals surface area contributed by atoms with Gasteiger partial charge in [0.05, 0.1) is 11.1 Å². The molecule has 1 aromatic carbocycles. The molecular formula is C15H17ClFN3. The molecule has 0 spiro atoms. The topological polar surface area (TPSA) is 50.9 Å². The maximum atomic E-state index is 14.3. The van der Waals surface area contributed by atoms with Crippen molar-refractivity contribution in [3.63, 3.8) is 0 Å². The molecule has 0 saturated carbocycles. The molecule has 106 valence electrons. The van der Waals surface area contributed by atoms with Crippen molar-refractivity contribution >= 4 is 17.4 Å². The van der Waals surface area contributed by atoms with Gasteiger partial charge in [0.25, 0.3) is 0 Å². The highest BCUT2D eigenvalue weighted by Gasteiger charge is 2.22. The third-order valence-corrected chi connectivity index (χ3v) is 3.52. The molecule has 20 heavy (non-hydrogen) atoms. The van der Waals surface area contributed by atoms with E-state index in [0.717, 1.165) is 11.1 Å². The van der Waals surface area contributed by atoms with Gasteiger partial charge in [0.2, 0.25) is 0 Å². The Morgan fingerprint density at radius 3 is 2.80 bits per heavy atom. The minimum atomic E-state index is -0.428. The lowest BCUT2D eigenvalue weighted by atomic mass is 9.95. The third kappa shape index (κ3) is 2.76. The summed E-state index contributed by atoms with van der Waals surface area (Å²) in [5.74, 6) is -0.0295. The summed E-state index contributed by atoms with van der Waals surface area (Å²) >= 11 is 5.88. The van der Waals surface area contributed by atoms with Crippen LogP contribution in [0, 0.1) is 12.7 Å². The molecule has 3 nitrogen and oxygen atoms in total. The molecule has 0 fully saturated rings. The molecule has 0 saturated heterocycles. The largest absolute Gasteiger partial charge is 0.383 e. The van der Waals surface area contributed by atoms with E-state index in [0.29, 0.717) is 17.9 Å². The van der Waals surface area contributed by atoms with Crippen LogP contribution in [0.4, 0.5) is 10.2 Å². The van der Waals surface area contributed by atoms with Crippen LogP contribution >= 0.6 is 11.6 Å². The average Bonchev–Trinajstić information content (AvgIpc) is 2.41. The van der Waals surface area contributed by atoms with Crippen LogP contribution < -0.4 is 11.1 Å². The van der Waals surface area contributed by atoms with Crippen molar-refractivity contribution in [3.05, 3.63) is 58.0 Å². The maximum Gasteiger partial charge on any atom is 0.146 e. The van der Waals surface area contributed by atoms with E-state index in [1.54, 1.807) is 18.3 Å². The van der Waals surface area contributed by atoms with Crippen LogP contribution in [0.1, 0.15) is 29.7 Å². The van der Waals surface area contributed by atoms with Gasteiger partial charge in [-0.3, -0.25) is 0 Å². The number of anilines is 1. The second-order valence-corrected chi connectivity index (χ2v) is 4.97. The SMILES string of the molecule is CCNC(c1cccc(Cl)c1F)c1c(C)ccnc1N. The minimum absolute atomic E-state index is 0.102. The Hall–Kier alpha value is -1.65. The summed E-state index contributed by atoms with van der Waals surface area (Å²) in [6.07, 6.45) is 1.64. The highest BCUT2D eigenvalue weighted by molar-refractivity contribution is 6.30. The normalized spacial score (nSPS) is 12.4. The molecule has 0 radical (unpaired) electrons. The molecule has 2 rings (SSSR count). The smallest absolute Gasteiger partial charge is 0.146 e. The quantitative estimate of drug-likeness (QED) is 0.907. The van der Waals surface area contributed by atoms with Crippen molar-refractivity contribution in [2.24, 2.45) is 0 Å². The van der Waals surface area contributed by atoms with E-state index in [1.165, 1.54) is 6.07 Å². The number of nitrogen functional groups attached to an aromatic ring is 1. The second kappa shape index (κ2) is 6.20. The number of halogens is 2. The molecule has 0 aliphatic heterocycles. The van der Waals surface area contributed by atoms with Crippen LogP contribution in [0.2, 0.25) is 5.02 Å². The number of benzene rings is 1. The van der Waals surface area contributed by atoms with Gasteiger partial charge in [0.15, 0.2) is 0 Å². The lowest BCUT2D eigenvalue weighted by Crippen LogP contribution is -2.25. The first kappa shape index (κ1) is 14.8. The van der Waals surface area contributed by atoms with Crippen LogP contribution in [0.15, 0.2) is 30.5 Å². The highest BCUT2D eigenvalue weighted by Crippen LogP contribution is 2.32. The number of hydrogen-bond donors (Lipinski definition) is 2. The van der Waals surface area contributed by atoms with Gasteiger partial charge in [-0.25, -0.2) is 9.37 Å². The van der Waals surface area contributed by atoms with Crippen molar-refractivity contribution in [1.82, 2.24) is 10.3 Å². The Balaban J connectivity index is 2.60. The predicted octanol–water partition coefficient (Wildman–Crippen LogP) is 3.46. The van der Waals surface area contributed by atoms with Gasteiger partial charge in [0, 0.05) is 17.3 Å². The molecule has 1 unspecified atom stereocenters. The Kier molecular flexibility index (Phi) is 4.57. The van der Waals surface area contributed by atoms with E-state index in [2.05, 4.69) is 10.3 Å². The second-order valence-electron chi connectivity index (χ2n) is 4.56. The first-order chi connectivity index (χ1) is 9.56. The Labute approximate surface area is 123 Å². The van der Waals surface area contributed by atoms with E-state index >= 15 is 0 Å². The van der Waals surface area contributed by atoms with Crippen molar-refractivity contribution in [3.8, 4) is 0 Å². The van der Waals surface area contributed by atoms with Crippen LogP contribution in [-0.4, -0.2) is 11.5 Å². The van der Waals surface area contributed by atoms with Gasteiger partial charge in [-0.15, -0.1) is 0 Å². The average molecular weight is 294 g/mol. The molecule has 3 N–H and O–H groups in total. The van der Waals surface area contributed by atoms with Crippen LogP contribution in [0.5, 0.6) is 0 Å². The molecule has 2 aromatic rings. The predicted molar refractivity (Wildman–Crippen MR) is 80.3 cm³/mol. The van der Waals surface area contributed by atoms with Crippen LogP contribution in [0.25, 0.3) is 0 Å². The summed E-state index contributed by atoms with van der Waals surface area (Å²) in [6.45, 7) is 4.56. The van der Waals surface area contributed by atoms with Crippen molar-refractivity contribution in [2.75, 3.05) is 12.3 Å². The molecule has 0 amide bonds. The Morgan fingerprint density at radius 2 is 2.15 bits per heavy atom. The Bertz CT molecular complexity index is 596. The number of rotatable bonds is 4. The zero-order valence-corrected chi connectivity index (χ0v) is 12.2. The van der Waals surface area contributed by atoms with E-state index in [9.17, 15) is 4.39 Å². The van der Waals surface area contributed by atoms with Crippen LogP contribution in [0.3, 0.4) is 0 Å². The monoisotopic (exact) mass is 293 g/mol. The number of nitrogens with zero attached hydrogens (tertiary/aromatic N) is 1. The van der Waals surface area contributed by atoms with E-state index in [4.69, 9.17) is 17.3 Å². The Morgan fingerprint density at radius 1 is 1.40 bits per heavy atom. The van der Waals surface area contributed by atoms with Gasteiger partial charge in [-0.2, -0.15) is 0 Å². The van der Waals surface area contributed by atoms with E-state index in [-0.39, 0.29) is 11.1 Å². The molecule has 0 aliphatic rings. The first-order valence-electron chi connectivity index (χ1n) is 6.44. The minimum Gasteiger partial charge on any atom is -0.383 e. The number of nitrogens with two attached hydrogens (primary N) is 1. The summed E-state index contributed by atoms with van der Waals surface area (Å²) in [5, 5.41) is 3.35. The number of nitrogens with one attached hydrogen (secondary N) is 1. The summed E-state index contributed by atoms with van der Waals surface area (Å²) in [7, 11) is 0. The number of pyridine rings is 1. The van der Waals surface area contributed by atoms with Gasteiger partial charge < -0.3 is 11.1 Å². The van der Waals surface area contributed by atoms with Crippen LogP contribution in [-0.2, 0) is 0 Å². The summed E-state index contributed by atoms with van der Waals surface area (Å²) in [6, 6.07) is 6.46. The van der Waals surface area contributed by atoms with Crippen molar-refractivity contribution in [2.45, 2.75) is 19.9 Å². The molecule has 0 bridgehead atoms. The highest BCUT2D eigenvalue weighted by atomic mass is 35.5. The van der Waals surface area contributed by atoms with Gasteiger partial charge >= 0.3 is 0 Å². The van der Waals surface area contributed by atoms with Gasteiger partial charge in [-0.05, 0) is 31.2 Å². The van der Waals surface area contributed by atoms with Crippen molar-refractivity contribution < 1.29 is 4.39 Å².